The van der Waals surface area contributed by atoms with E-state index in [1.807, 2.05) is 0 Å². The molecule has 0 saturated carbocycles. The molecule has 2 aliphatic rings. The van der Waals surface area contributed by atoms with E-state index in [1.165, 1.54) is 55.8 Å². The summed E-state index contributed by atoms with van der Waals surface area (Å²) >= 11 is 4.44. The van der Waals surface area contributed by atoms with Crippen LogP contribution in [0.3, 0.4) is 0 Å². The first-order chi connectivity index (χ1) is 8.62. The number of thioether (sulfide) groups is 2. The number of rotatable bonds is 4. The van der Waals surface area contributed by atoms with Gasteiger partial charge in [0.2, 0.25) is 0 Å². The predicted molar refractivity (Wildman–Crippen MR) is 87.7 cm³/mol. The van der Waals surface area contributed by atoms with Gasteiger partial charge in [0.25, 0.3) is 0 Å². The summed E-state index contributed by atoms with van der Waals surface area (Å²) in [6.07, 6.45) is 8.75. The molecule has 2 saturated heterocycles. The summed E-state index contributed by atoms with van der Waals surface area (Å²) in [6.45, 7) is 7.44. The first kappa shape index (κ1) is 15.1. The third-order valence-electron chi connectivity index (χ3n) is 5.12. The van der Waals surface area contributed by atoms with Gasteiger partial charge >= 0.3 is 0 Å². The fraction of sp³-hybridized carbons (Fsp3) is 1.00. The van der Waals surface area contributed by atoms with E-state index in [-0.39, 0.29) is 0 Å². The van der Waals surface area contributed by atoms with Crippen LogP contribution in [-0.2, 0) is 0 Å². The van der Waals surface area contributed by atoms with Gasteiger partial charge in [0, 0.05) is 5.25 Å². The van der Waals surface area contributed by atoms with E-state index in [0.29, 0.717) is 5.41 Å². The second kappa shape index (κ2) is 6.92. The molecule has 0 amide bonds. The molecule has 0 N–H and O–H groups in total. The van der Waals surface area contributed by atoms with Crippen LogP contribution in [0.15, 0.2) is 0 Å². The molecule has 0 radical (unpaired) electrons. The van der Waals surface area contributed by atoms with Crippen LogP contribution in [0.4, 0.5) is 0 Å². The van der Waals surface area contributed by atoms with Crippen molar-refractivity contribution >= 4 is 23.5 Å². The highest BCUT2D eigenvalue weighted by atomic mass is 32.2. The number of hydrogen-bond donors (Lipinski definition) is 0. The van der Waals surface area contributed by atoms with Gasteiger partial charge in [-0.05, 0) is 66.6 Å². The molecule has 2 unspecified atom stereocenters. The minimum absolute atomic E-state index is 0.581. The topological polar surface area (TPSA) is 0 Å². The van der Waals surface area contributed by atoms with E-state index in [2.05, 4.69) is 44.3 Å². The van der Waals surface area contributed by atoms with Gasteiger partial charge < -0.3 is 0 Å². The molecule has 2 fully saturated rings. The van der Waals surface area contributed by atoms with Gasteiger partial charge in [-0.2, -0.15) is 23.5 Å². The largest absolute Gasteiger partial charge is 0.162 e. The molecule has 2 rings (SSSR count). The van der Waals surface area contributed by atoms with Crippen molar-refractivity contribution in [1.82, 2.24) is 0 Å². The maximum Gasteiger partial charge on any atom is 0.00524 e. The van der Waals surface area contributed by atoms with Gasteiger partial charge in [-0.1, -0.05) is 27.2 Å². The molecule has 2 aliphatic heterocycles. The summed E-state index contributed by atoms with van der Waals surface area (Å²) in [5.74, 6) is 6.24. The van der Waals surface area contributed by atoms with Crippen molar-refractivity contribution in [1.29, 1.82) is 0 Å². The van der Waals surface area contributed by atoms with Crippen LogP contribution >= 0.6 is 23.5 Å². The Morgan fingerprint density at radius 1 is 1.06 bits per heavy atom. The zero-order chi connectivity index (χ0) is 13.0. The maximum atomic E-state index is 2.54. The Labute approximate surface area is 122 Å². The lowest BCUT2D eigenvalue weighted by atomic mass is 9.72. The molecule has 0 aromatic rings. The fourth-order valence-corrected chi connectivity index (χ4v) is 6.48. The van der Waals surface area contributed by atoms with Gasteiger partial charge in [0.15, 0.2) is 0 Å². The standard InChI is InChI=1S/C16H30S2/c1-4-13-5-6-15(18-12-13)11-16(2,3)14-7-9-17-10-8-14/h13-15H,4-12H2,1-3H3. The summed E-state index contributed by atoms with van der Waals surface area (Å²) in [6, 6.07) is 0. The molecule has 0 nitrogen and oxygen atoms in total. The second-order valence-corrected chi connectivity index (χ2v) is 9.44. The summed E-state index contributed by atoms with van der Waals surface area (Å²) < 4.78 is 0. The van der Waals surface area contributed by atoms with E-state index in [9.17, 15) is 0 Å². The van der Waals surface area contributed by atoms with Crippen LogP contribution in [0.5, 0.6) is 0 Å². The smallest absolute Gasteiger partial charge is 0.00524 e. The Kier molecular flexibility index (Phi) is 5.81. The van der Waals surface area contributed by atoms with Crippen LogP contribution in [0.1, 0.15) is 59.3 Å². The van der Waals surface area contributed by atoms with Crippen molar-refractivity contribution in [3.63, 3.8) is 0 Å². The molecule has 0 aromatic carbocycles. The zero-order valence-electron chi connectivity index (χ0n) is 12.4. The lowest BCUT2D eigenvalue weighted by Gasteiger charge is -2.40. The Hall–Kier alpha value is 0.700. The molecule has 0 bridgehead atoms. The molecule has 2 heteroatoms. The van der Waals surface area contributed by atoms with Crippen molar-refractivity contribution in [2.45, 2.75) is 64.5 Å². The summed E-state index contributed by atoms with van der Waals surface area (Å²) in [4.78, 5) is 0. The van der Waals surface area contributed by atoms with Gasteiger partial charge in [-0.3, -0.25) is 0 Å². The van der Waals surface area contributed by atoms with Gasteiger partial charge in [0.05, 0.1) is 0 Å². The van der Waals surface area contributed by atoms with Crippen LogP contribution in [0, 0.1) is 17.3 Å². The lowest BCUT2D eigenvalue weighted by Crippen LogP contribution is -2.32. The summed E-state index contributed by atoms with van der Waals surface area (Å²) in [5, 5.41) is 0.956. The van der Waals surface area contributed by atoms with Crippen molar-refractivity contribution in [2.75, 3.05) is 17.3 Å². The predicted octanol–water partition coefficient (Wildman–Crippen LogP) is 5.47. The number of hydrogen-bond acceptors (Lipinski definition) is 2. The van der Waals surface area contributed by atoms with E-state index in [1.54, 1.807) is 0 Å². The molecular weight excluding hydrogens is 256 g/mol. The van der Waals surface area contributed by atoms with Crippen LogP contribution in [-0.4, -0.2) is 22.5 Å². The quantitative estimate of drug-likeness (QED) is 0.672. The molecule has 18 heavy (non-hydrogen) atoms. The van der Waals surface area contributed by atoms with Crippen LogP contribution in [0.2, 0.25) is 0 Å². The third kappa shape index (κ3) is 4.10. The lowest BCUT2D eigenvalue weighted by molar-refractivity contribution is 0.177. The highest BCUT2D eigenvalue weighted by Crippen LogP contribution is 2.44. The fourth-order valence-electron chi connectivity index (χ4n) is 3.58. The van der Waals surface area contributed by atoms with Gasteiger partial charge in [0.1, 0.15) is 0 Å². The monoisotopic (exact) mass is 286 g/mol. The van der Waals surface area contributed by atoms with Crippen LogP contribution < -0.4 is 0 Å². The highest BCUT2D eigenvalue weighted by Gasteiger charge is 2.34. The summed E-state index contributed by atoms with van der Waals surface area (Å²) in [7, 11) is 0. The van der Waals surface area contributed by atoms with Crippen molar-refractivity contribution in [3.05, 3.63) is 0 Å². The molecule has 0 aliphatic carbocycles. The molecule has 2 atom stereocenters. The Balaban J connectivity index is 1.80. The van der Waals surface area contributed by atoms with Crippen molar-refractivity contribution in [3.8, 4) is 0 Å². The van der Waals surface area contributed by atoms with E-state index in [0.717, 1.165) is 17.1 Å². The minimum Gasteiger partial charge on any atom is -0.162 e. The van der Waals surface area contributed by atoms with Crippen molar-refractivity contribution < 1.29 is 0 Å². The average molecular weight is 287 g/mol. The molecular formula is C16H30S2. The maximum absolute atomic E-state index is 2.54. The van der Waals surface area contributed by atoms with Crippen LogP contribution in [0.25, 0.3) is 0 Å². The normalized spacial score (nSPS) is 31.5. The Bertz CT molecular complexity index is 235. The zero-order valence-corrected chi connectivity index (χ0v) is 14.0. The van der Waals surface area contributed by atoms with Gasteiger partial charge in [-0.15, -0.1) is 0 Å². The first-order valence-corrected chi connectivity index (χ1v) is 10.0. The highest BCUT2D eigenvalue weighted by molar-refractivity contribution is 8.00. The second-order valence-electron chi connectivity index (χ2n) is 6.89. The van der Waals surface area contributed by atoms with E-state index in [4.69, 9.17) is 0 Å². The Morgan fingerprint density at radius 3 is 2.33 bits per heavy atom. The molecule has 0 aromatic heterocycles. The van der Waals surface area contributed by atoms with E-state index >= 15 is 0 Å². The molecule has 0 spiro atoms. The SMILES string of the molecule is CCC1CCC(CC(C)(C)C2CCSCC2)SC1. The van der Waals surface area contributed by atoms with Crippen molar-refractivity contribution in [2.24, 2.45) is 17.3 Å². The minimum atomic E-state index is 0.581. The Morgan fingerprint density at radius 2 is 1.78 bits per heavy atom. The first-order valence-electron chi connectivity index (χ1n) is 7.81. The summed E-state index contributed by atoms with van der Waals surface area (Å²) in [5.41, 5.74) is 0.581. The third-order valence-corrected chi connectivity index (χ3v) is 7.71. The average Bonchev–Trinajstić information content (AvgIpc) is 2.40. The molecule has 2 heterocycles. The van der Waals surface area contributed by atoms with E-state index < -0.39 is 0 Å². The molecule has 106 valence electrons. The van der Waals surface area contributed by atoms with Gasteiger partial charge in [-0.25, -0.2) is 0 Å².